The molecule has 180 valence electrons. The number of anilines is 1. The van der Waals surface area contributed by atoms with Crippen LogP contribution in [0.1, 0.15) is 22.8 Å². The van der Waals surface area contributed by atoms with E-state index in [1.807, 2.05) is 30.3 Å². The summed E-state index contributed by atoms with van der Waals surface area (Å²) in [6, 6.07) is 20.4. The van der Waals surface area contributed by atoms with E-state index in [1.165, 1.54) is 4.90 Å². The molecule has 4 rings (SSSR count). The second-order valence-electron chi connectivity index (χ2n) is 8.26. The van der Waals surface area contributed by atoms with Gasteiger partial charge in [0.25, 0.3) is 5.91 Å². The van der Waals surface area contributed by atoms with E-state index in [1.54, 1.807) is 61.3 Å². The minimum atomic E-state index is -0.785. The molecule has 7 nitrogen and oxygen atoms in total. The molecule has 1 aliphatic heterocycles. The molecule has 0 radical (unpaired) electrons. The Hall–Kier alpha value is -3.84. The van der Waals surface area contributed by atoms with Crippen LogP contribution in [-0.2, 0) is 16.1 Å². The molecule has 1 atom stereocenters. The van der Waals surface area contributed by atoms with Gasteiger partial charge in [0.15, 0.2) is 19.0 Å². The number of Topliss-reactive ketones (excluding diaryl/α,β-unsaturated/α-hetero) is 1. The third kappa shape index (κ3) is 5.63. The van der Waals surface area contributed by atoms with E-state index in [-0.39, 0.29) is 30.8 Å². The molecule has 0 N–H and O–H groups in total. The SMILES string of the molecule is CC(C(=O)N(C)Cc1ccccc1)N1C(=O)COc2ccc(C(=O)COc3cccc(Cl)c3)cc21. The number of fused-ring (bicyclic) bond motifs is 1. The minimum absolute atomic E-state index is 0.182. The summed E-state index contributed by atoms with van der Waals surface area (Å²) in [5, 5.41) is 0.505. The van der Waals surface area contributed by atoms with Crippen LogP contribution >= 0.6 is 11.6 Å². The number of amides is 2. The molecule has 35 heavy (non-hydrogen) atoms. The summed E-state index contributed by atoms with van der Waals surface area (Å²) in [7, 11) is 1.70. The summed E-state index contributed by atoms with van der Waals surface area (Å²) in [6.45, 7) is 1.70. The lowest BCUT2D eigenvalue weighted by Gasteiger charge is -2.35. The van der Waals surface area contributed by atoms with Gasteiger partial charge in [-0.3, -0.25) is 19.3 Å². The van der Waals surface area contributed by atoms with Crippen LogP contribution in [0.15, 0.2) is 72.8 Å². The second-order valence-corrected chi connectivity index (χ2v) is 8.70. The summed E-state index contributed by atoms with van der Waals surface area (Å²) in [4.78, 5) is 41.8. The Kier molecular flexibility index (Phi) is 7.36. The van der Waals surface area contributed by atoms with Gasteiger partial charge in [-0.25, -0.2) is 0 Å². The highest BCUT2D eigenvalue weighted by Crippen LogP contribution is 2.35. The lowest BCUT2D eigenvalue weighted by molar-refractivity contribution is -0.134. The first kappa shape index (κ1) is 24.3. The van der Waals surface area contributed by atoms with Gasteiger partial charge >= 0.3 is 0 Å². The second kappa shape index (κ2) is 10.6. The van der Waals surface area contributed by atoms with Crippen molar-refractivity contribution in [2.45, 2.75) is 19.5 Å². The Morgan fingerprint density at radius 3 is 2.60 bits per heavy atom. The van der Waals surface area contributed by atoms with Crippen molar-refractivity contribution in [1.29, 1.82) is 0 Å². The van der Waals surface area contributed by atoms with Crippen molar-refractivity contribution in [1.82, 2.24) is 4.90 Å². The Labute approximate surface area is 208 Å². The number of nitrogens with zero attached hydrogens (tertiary/aromatic N) is 2. The molecule has 0 fully saturated rings. The van der Waals surface area contributed by atoms with Crippen LogP contribution in [0.3, 0.4) is 0 Å². The third-order valence-corrected chi connectivity index (χ3v) is 5.94. The fourth-order valence-corrected chi connectivity index (χ4v) is 4.10. The summed E-state index contributed by atoms with van der Waals surface area (Å²) in [5.41, 5.74) is 1.70. The van der Waals surface area contributed by atoms with Crippen molar-refractivity contribution in [2.75, 3.05) is 25.2 Å². The van der Waals surface area contributed by atoms with E-state index in [0.717, 1.165) is 5.56 Å². The van der Waals surface area contributed by atoms with Crippen molar-refractivity contribution >= 4 is 34.9 Å². The zero-order valence-corrected chi connectivity index (χ0v) is 20.2. The molecule has 1 unspecified atom stereocenters. The van der Waals surface area contributed by atoms with E-state index in [4.69, 9.17) is 21.1 Å². The Morgan fingerprint density at radius 1 is 1.09 bits per heavy atom. The minimum Gasteiger partial charge on any atom is -0.485 e. The van der Waals surface area contributed by atoms with Crippen molar-refractivity contribution in [3.8, 4) is 11.5 Å². The average molecular weight is 493 g/mol. The smallest absolute Gasteiger partial charge is 0.265 e. The average Bonchev–Trinajstić information content (AvgIpc) is 2.86. The fourth-order valence-electron chi connectivity index (χ4n) is 3.92. The van der Waals surface area contributed by atoms with E-state index in [2.05, 4.69) is 0 Å². The van der Waals surface area contributed by atoms with Crippen LogP contribution in [0.4, 0.5) is 5.69 Å². The lowest BCUT2D eigenvalue weighted by Crippen LogP contribution is -2.51. The quantitative estimate of drug-likeness (QED) is 0.436. The van der Waals surface area contributed by atoms with Crippen LogP contribution in [0.5, 0.6) is 11.5 Å². The molecule has 3 aromatic rings. The zero-order chi connectivity index (χ0) is 24.9. The maximum atomic E-state index is 13.2. The molecule has 2 amide bonds. The van der Waals surface area contributed by atoms with E-state index in [0.29, 0.717) is 34.3 Å². The first-order valence-corrected chi connectivity index (χ1v) is 11.5. The highest BCUT2D eigenvalue weighted by molar-refractivity contribution is 6.30. The summed E-state index contributed by atoms with van der Waals surface area (Å²) >= 11 is 5.96. The van der Waals surface area contributed by atoms with Crippen molar-refractivity contribution in [3.63, 3.8) is 0 Å². The zero-order valence-electron chi connectivity index (χ0n) is 19.4. The first-order valence-electron chi connectivity index (χ1n) is 11.1. The van der Waals surface area contributed by atoms with Gasteiger partial charge in [-0.1, -0.05) is 48.0 Å². The lowest BCUT2D eigenvalue weighted by atomic mass is 10.1. The van der Waals surface area contributed by atoms with E-state index < -0.39 is 6.04 Å². The number of hydrogen-bond acceptors (Lipinski definition) is 5. The number of ether oxygens (including phenoxy) is 2. The van der Waals surface area contributed by atoms with Crippen LogP contribution in [0.2, 0.25) is 5.02 Å². The number of carbonyl (C=O) groups excluding carboxylic acids is 3. The Bertz CT molecular complexity index is 1250. The van der Waals surface area contributed by atoms with Crippen molar-refractivity contribution in [3.05, 3.63) is 88.9 Å². The topological polar surface area (TPSA) is 76.2 Å². The van der Waals surface area contributed by atoms with Gasteiger partial charge in [0.1, 0.15) is 17.5 Å². The normalized spacial score (nSPS) is 13.5. The van der Waals surface area contributed by atoms with Crippen LogP contribution in [-0.4, -0.2) is 48.8 Å². The van der Waals surface area contributed by atoms with Gasteiger partial charge in [0, 0.05) is 24.2 Å². The van der Waals surface area contributed by atoms with Crippen LogP contribution in [0, 0.1) is 0 Å². The van der Waals surface area contributed by atoms with Gasteiger partial charge in [-0.15, -0.1) is 0 Å². The largest absolute Gasteiger partial charge is 0.485 e. The number of hydrogen-bond donors (Lipinski definition) is 0. The molecule has 1 aliphatic rings. The summed E-state index contributed by atoms with van der Waals surface area (Å²) < 4.78 is 11.1. The molecule has 0 spiro atoms. The maximum Gasteiger partial charge on any atom is 0.265 e. The van der Waals surface area contributed by atoms with Crippen LogP contribution in [0.25, 0.3) is 0 Å². The van der Waals surface area contributed by atoms with Gasteiger partial charge in [0.2, 0.25) is 5.91 Å². The predicted octanol–water partition coefficient (Wildman–Crippen LogP) is 4.37. The number of benzene rings is 3. The van der Waals surface area contributed by atoms with Crippen molar-refractivity contribution < 1.29 is 23.9 Å². The molecule has 8 heteroatoms. The van der Waals surface area contributed by atoms with Gasteiger partial charge < -0.3 is 14.4 Å². The summed E-state index contributed by atoms with van der Waals surface area (Å²) in [5.74, 6) is 0.0418. The molecule has 0 aliphatic carbocycles. The van der Waals surface area contributed by atoms with Crippen LogP contribution < -0.4 is 14.4 Å². The molecule has 0 saturated heterocycles. The number of carbonyl (C=O) groups is 3. The first-order chi connectivity index (χ1) is 16.8. The molecule has 0 aromatic heterocycles. The molecule has 0 bridgehead atoms. The molecule has 3 aromatic carbocycles. The van der Waals surface area contributed by atoms with E-state index >= 15 is 0 Å². The molecule has 1 heterocycles. The maximum absolute atomic E-state index is 13.2. The number of rotatable bonds is 8. The standard InChI is InChI=1S/C27H25ClN2O5/c1-18(27(33)29(2)15-19-7-4-3-5-8-19)30-23-13-20(11-12-25(23)35-17-26(30)32)24(31)16-34-22-10-6-9-21(28)14-22/h3-14,18H,15-17H2,1-2H3. The highest BCUT2D eigenvalue weighted by Gasteiger charge is 2.35. The van der Waals surface area contributed by atoms with Gasteiger partial charge in [-0.2, -0.15) is 0 Å². The molecular formula is C27H25ClN2O5. The number of ketones is 1. The third-order valence-electron chi connectivity index (χ3n) is 5.71. The number of likely N-dealkylation sites (N-methyl/N-ethyl adjacent to an activating group) is 1. The highest BCUT2D eigenvalue weighted by atomic mass is 35.5. The van der Waals surface area contributed by atoms with E-state index in [9.17, 15) is 14.4 Å². The fraction of sp³-hybridized carbons (Fsp3) is 0.222. The van der Waals surface area contributed by atoms with Gasteiger partial charge in [0.05, 0.1) is 5.69 Å². The number of halogens is 1. The molecular weight excluding hydrogens is 468 g/mol. The van der Waals surface area contributed by atoms with Crippen molar-refractivity contribution in [2.24, 2.45) is 0 Å². The molecule has 0 saturated carbocycles. The monoisotopic (exact) mass is 492 g/mol. The predicted molar refractivity (Wildman–Crippen MR) is 133 cm³/mol. The summed E-state index contributed by atoms with van der Waals surface area (Å²) in [6.07, 6.45) is 0. The van der Waals surface area contributed by atoms with Gasteiger partial charge in [-0.05, 0) is 48.9 Å². The Balaban J connectivity index is 1.52. The Morgan fingerprint density at radius 2 is 1.86 bits per heavy atom.